The molecule has 0 fully saturated rings. The summed E-state index contributed by atoms with van der Waals surface area (Å²) in [4.78, 5) is 13.4. The lowest BCUT2D eigenvalue weighted by molar-refractivity contribution is 0.725. The highest BCUT2D eigenvalue weighted by Gasteiger charge is 2.14. The fourth-order valence-electron chi connectivity index (χ4n) is 3.02. The molecule has 6 heteroatoms. The summed E-state index contributed by atoms with van der Waals surface area (Å²) >= 11 is 0. The Kier molecular flexibility index (Phi) is 3.93. The number of hydrogen-bond donors (Lipinski definition) is 1. The molecule has 0 aliphatic heterocycles. The monoisotopic (exact) mass is 332 g/mol. The maximum atomic E-state index is 4.75. The number of hydrogen-bond acceptors (Lipinski definition) is 4. The van der Waals surface area contributed by atoms with Crippen molar-refractivity contribution in [3.05, 3.63) is 60.7 Å². The molecule has 1 N–H and O–H groups in total. The minimum Gasteiger partial charge on any atom is -0.383 e. The summed E-state index contributed by atoms with van der Waals surface area (Å²) in [6.07, 6.45) is 7.49. The molecule has 0 radical (unpaired) electrons. The Balaban J connectivity index is 1.56. The van der Waals surface area contributed by atoms with E-state index in [4.69, 9.17) is 4.98 Å². The summed E-state index contributed by atoms with van der Waals surface area (Å²) in [6.45, 7) is 3.66. The van der Waals surface area contributed by atoms with Crippen LogP contribution in [0.1, 0.15) is 5.56 Å². The number of para-hydroxylation sites is 2. The van der Waals surface area contributed by atoms with Crippen LogP contribution in [0.25, 0.3) is 22.7 Å². The second-order valence-electron chi connectivity index (χ2n) is 6.04. The van der Waals surface area contributed by atoms with Crippen molar-refractivity contribution >= 4 is 16.7 Å². The smallest absolute Gasteiger partial charge is 0.177 e. The van der Waals surface area contributed by atoms with E-state index < -0.39 is 0 Å². The minimum absolute atomic E-state index is 0.804. The van der Waals surface area contributed by atoms with Gasteiger partial charge in [0, 0.05) is 50.6 Å². The first-order valence-electron chi connectivity index (χ1n) is 8.31. The third-order valence-corrected chi connectivity index (χ3v) is 4.39. The molecule has 0 bridgehead atoms. The molecule has 1 aromatic carbocycles. The molecule has 4 aromatic rings. The Hall–Kier alpha value is -3.15. The molecule has 4 rings (SSSR count). The number of benzene rings is 1. The number of aryl methyl sites for hydroxylation is 2. The Labute approximate surface area is 146 Å². The number of nitrogens with one attached hydrogen (secondary N) is 1. The highest BCUT2D eigenvalue weighted by Crippen LogP contribution is 2.22. The minimum atomic E-state index is 0.804. The van der Waals surface area contributed by atoms with Crippen LogP contribution in [-0.2, 0) is 13.6 Å². The lowest BCUT2D eigenvalue weighted by Gasteiger charge is -2.11. The van der Waals surface area contributed by atoms with Crippen molar-refractivity contribution in [1.82, 2.24) is 24.1 Å². The third kappa shape index (κ3) is 2.87. The molecule has 0 saturated carbocycles. The van der Waals surface area contributed by atoms with E-state index >= 15 is 0 Å². The maximum Gasteiger partial charge on any atom is 0.177 e. The van der Waals surface area contributed by atoms with E-state index in [2.05, 4.69) is 37.4 Å². The van der Waals surface area contributed by atoms with Crippen molar-refractivity contribution in [2.75, 3.05) is 11.9 Å². The first kappa shape index (κ1) is 15.4. The number of nitrogens with zero attached hydrogens (tertiary/aromatic N) is 5. The van der Waals surface area contributed by atoms with Crippen LogP contribution in [0.15, 0.2) is 55.1 Å². The van der Waals surface area contributed by atoms with Crippen LogP contribution in [0.3, 0.4) is 0 Å². The Morgan fingerprint density at radius 2 is 1.96 bits per heavy atom. The predicted octanol–water partition coefficient (Wildman–Crippen LogP) is 3.25. The lowest BCUT2D eigenvalue weighted by Crippen LogP contribution is -2.12. The second-order valence-corrected chi connectivity index (χ2v) is 6.04. The number of pyridine rings is 1. The summed E-state index contributed by atoms with van der Waals surface area (Å²) in [5.41, 5.74) is 4.35. The molecule has 0 aliphatic carbocycles. The van der Waals surface area contributed by atoms with Crippen LogP contribution >= 0.6 is 0 Å². The average molecular weight is 332 g/mol. The normalized spacial score (nSPS) is 11.1. The van der Waals surface area contributed by atoms with Crippen molar-refractivity contribution < 1.29 is 0 Å². The highest BCUT2D eigenvalue weighted by atomic mass is 15.2. The topological polar surface area (TPSA) is 60.6 Å². The van der Waals surface area contributed by atoms with Crippen LogP contribution in [0.5, 0.6) is 0 Å². The molecule has 0 atom stereocenters. The number of imidazole rings is 2. The predicted molar refractivity (Wildman–Crippen MR) is 99.4 cm³/mol. The summed E-state index contributed by atoms with van der Waals surface area (Å²) in [5.74, 6) is 1.76. The zero-order valence-electron chi connectivity index (χ0n) is 14.3. The molecule has 126 valence electrons. The first-order valence-corrected chi connectivity index (χ1v) is 8.31. The van der Waals surface area contributed by atoms with E-state index in [9.17, 15) is 0 Å². The van der Waals surface area contributed by atoms with Crippen molar-refractivity contribution in [3.8, 4) is 11.6 Å². The summed E-state index contributed by atoms with van der Waals surface area (Å²) in [6, 6.07) is 10.1. The van der Waals surface area contributed by atoms with Crippen LogP contribution < -0.4 is 5.32 Å². The number of rotatable bonds is 5. The first-order chi connectivity index (χ1) is 12.2. The lowest BCUT2D eigenvalue weighted by atomic mass is 10.2. The molecule has 6 nitrogen and oxygen atoms in total. The average Bonchev–Trinajstić information content (AvgIpc) is 3.21. The van der Waals surface area contributed by atoms with Crippen LogP contribution in [0.4, 0.5) is 5.69 Å². The number of anilines is 1. The van der Waals surface area contributed by atoms with Crippen molar-refractivity contribution in [1.29, 1.82) is 0 Å². The van der Waals surface area contributed by atoms with Gasteiger partial charge in [0.25, 0.3) is 0 Å². The largest absolute Gasteiger partial charge is 0.383 e. The zero-order chi connectivity index (χ0) is 17.2. The molecule has 0 amide bonds. The fourth-order valence-corrected chi connectivity index (χ4v) is 3.02. The second kappa shape index (κ2) is 6.39. The van der Waals surface area contributed by atoms with Gasteiger partial charge in [-0.1, -0.05) is 12.1 Å². The van der Waals surface area contributed by atoms with E-state index in [1.165, 1.54) is 0 Å². The van der Waals surface area contributed by atoms with Crippen LogP contribution in [0, 0.1) is 6.92 Å². The standard InChI is InChI=1S/C19H20N6/c1-14-13-20-8-7-15(14)21-9-11-25-12-10-22-18(25)19-23-16-5-3-4-6-17(16)24(19)2/h3-8,10,12-13H,9,11H2,1-2H3,(H,20,21). The van der Waals surface area contributed by atoms with E-state index in [0.717, 1.165) is 47.0 Å². The molecule has 0 saturated heterocycles. The molecule has 25 heavy (non-hydrogen) atoms. The van der Waals surface area contributed by atoms with E-state index in [0.29, 0.717) is 0 Å². The van der Waals surface area contributed by atoms with Crippen LogP contribution in [0.2, 0.25) is 0 Å². The van der Waals surface area contributed by atoms with Crippen molar-refractivity contribution in [2.24, 2.45) is 7.05 Å². The molecule has 0 spiro atoms. The molecular formula is C19H20N6. The van der Waals surface area contributed by atoms with Crippen LogP contribution in [-0.4, -0.2) is 30.6 Å². The molecular weight excluding hydrogens is 312 g/mol. The van der Waals surface area contributed by atoms with Gasteiger partial charge in [0.05, 0.1) is 11.0 Å². The highest BCUT2D eigenvalue weighted by molar-refractivity contribution is 5.79. The van der Waals surface area contributed by atoms with Gasteiger partial charge in [-0.3, -0.25) is 4.98 Å². The Bertz CT molecular complexity index is 1010. The number of fused-ring (bicyclic) bond motifs is 1. The van der Waals surface area contributed by atoms with Gasteiger partial charge in [0.1, 0.15) is 0 Å². The van der Waals surface area contributed by atoms with Gasteiger partial charge < -0.3 is 14.5 Å². The van der Waals surface area contributed by atoms with Gasteiger partial charge in [-0.2, -0.15) is 0 Å². The van der Waals surface area contributed by atoms with Gasteiger partial charge in [-0.05, 0) is 30.7 Å². The van der Waals surface area contributed by atoms with E-state index in [-0.39, 0.29) is 0 Å². The van der Waals surface area contributed by atoms with Crippen molar-refractivity contribution in [2.45, 2.75) is 13.5 Å². The van der Waals surface area contributed by atoms with Gasteiger partial charge in [-0.25, -0.2) is 9.97 Å². The number of aromatic nitrogens is 5. The Morgan fingerprint density at radius 1 is 1.08 bits per heavy atom. The maximum absolute atomic E-state index is 4.75. The van der Waals surface area contributed by atoms with E-state index in [1.807, 2.05) is 49.9 Å². The molecule has 0 unspecified atom stereocenters. The summed E-state index contributed by atoms with van der Waals surface area (Å²) in [7, 11) is 2.03. The van der Waals surface area contributed by atoms with Crippen molar-refractivity contribution in [3.63, 3.8) is 0 Å². The van der Waals surface area contributed by atoms with Gasteiger partial charge in [0.15, 0.2) is 11.6 Å². The van der Waals surface area contributed by atoms with Gasteiger partial charge in [-0.15, -0.1) is 0 Å². The van der Waals surface area contributed by atoms with E-state index in [1.54, 1.807) is 6.20 Å². The quantitative estimate of drug-likeness (QED) is 0.609. The molecule has 0 aliphatic rings. The van der Waals surface area contributed by atoms with Gasteiger partial charge >= 0.3 is 0 Å². The third-order valence-electron chi connectivity index (χ3n) is 4.39. The summed E-state index contributed by atoms with van der Waals surface area (Å²) < 4.78 is 4.22. The molecule has 3 aromatic heterocycles. The summed E-state index contributed by atoms with van der Waals surface area (Å²) in [5, 5.41) is 3.46. The van der Waals surface area contributed by atoms with Gasteiger partial charge in [0.2, 0.25) is 0 Å². The SMILES string of the molecule is Cc1cnccc1NCCn1ccnc1-c1nc2ccccc2n1C. The molecule has 3 heterocycles. The zero-order valence-corrected chi connectivity index (χ0v) is 14.3. The fraction of sp³-hybridized carbons (Fsp3) is 0.211. The Morgan fingerprint density at radius 3 is 2.80 bits per heavy atom.